The average Bonchev–Trinajstić information content (AvgIpc) is 3.16. The summed E-state index contributed by atoms with van der Waals surface area (Å²) in [6.45, 7) is 9.37. The molecular weight excluding hydrogens is 324 g/mol. The second-order valence-corrected chi connectivity index (χ2v) is 7.72. The Morgan fingerprint density at radius 1 is 1.15 bits per heavy atom. The van der Waals surface area contributed by atoms with Crippen molar-refractivity contribution in [1.82, 2.24) is 9.80 Å². The summed E-state index contributed by atoms with van der Waals surface area (Å²) in [5.74, 6) is 2.38. The zero-order valence-electron chi connectivity index (χ0n) is 16.2. The first-order valence-electron chi connectivity index (χ1n) is 10.2. The molecule has 2 fully saturated rings. The second-order valence-electron chi connectivity index (χ2n) is 7.72. The van der Waals surface area contributed by atoms with Gasteiger partial charge in [-0.2, -0.15) is 0 Å². The molecule has 2 saturated heterocycles. The molecule has 0 aromatic heterocycles. The maximum atomic E-state index is 6.16. The number of ether oxygens (including phenoxy) is 1. The zero-order chi connectivity index (χ0) is 18.2. The van der Waals surface area contributed by atoms with Gasteiger partial charge in [0.25, 0.3) is 0 Å². The van der Waals surface area contributed by atoms with E-state index in [0.29, 0.717) is 5.96 Å². The molecule has 0 radical (unpaired) electrons. The third-order valence-electron chi connectivity index (χ3n) is 5.45. The molecule has 2 aliphatic rings. The molecule has 26 heavy (non-hydrogen) atoms. The Labute approximate surface area is 158 Å². The molecule has 2 aliphatic heterocycles. The van der Waals surface area contributed by atoms with Gasteiger partial charge in [0.1, 0.15) is 12.4 Å². The minimum Gasteiger partial charge on any atom is -0.492 e. The topological polar surface area (TPSA) is 54.1 Å². The van der Waals surface area contributed by atoms with E-state index in [4.69, 9.17) is 10.5 Å². The fraction of sp³-hybridized carbons (Fsp3) is 0.667. The first-order chi connectivity index (χ1) is 12.7. The van der Waals surface area contributed by atoms with E-state index in [1.54, 1.807) is 0 Å². The van der Waals surface area contributed by atoms with Gasteiger partial charge in [0.05, 0.1) is 0 Å². The van der Waals surface area contributed by atoms with Crippen LogP contribution in [0.3, 0.4) is 0 Å². The van der Waals surface area contributed by atoms with E-state index in [-0.39, 0.29) is 0 Å². The number of nitrogens with zero attached hydrogens (tertiary/aromatic N) is 3. The van der Waals surface area contributed by atoms with Gasteiger partial charge in [0.15, 0.2) is 5.96 Å². The number of likely N-dealkylation sites (tertiary alicyclic amines) is 2. The lowest BCUT2D eigenvalue weighted by atomic mass is 10.0. The molecule has 0 saturated carbocycles. The van der Waals surface area contributed by atoms with Crippen LogP contribution >= 0.6 is 0 Å². The van der Waals surface area contributed by atoms with E-state index in [9.17, 15) is 0 Å². The van der Waals surface area contributed by atoms with Crippen molar-refractivity contribution >= 4 is 5.96 Å². The molecule has 0 amide bonds. The molecule has 1 aromatic rings. The van der Waals surface area contributed by atoms with Gasteiger partial charge in [-0.1, -0.05) is 19.1 Å². The molecule has 3 rings (SSSR count). The lowest BCUT2D eigenvalue weighted by molar-refractivity contribution is 0.238. The van der Waals surface area contributed by atoms with Crippen molar-refractivity contribution in [2.75, 3.05) is 45.9 Å². The standard InChI is InChI=1S/C21H34N4O/c1-18-5-4-14-25(17-18)21(22)23-11-10-19-6-8-20(9-7-19)26-16-15-24-12-2-3-13-24/h6-9,18H,2-5,10-17H2,1H3,(H2,22,23). The first-order valence-corrected chi connectivity index (χ1v) is 10.2. The number of hydrogen-bond donors (Lipinski definition) is 1. The second kappa shape index (κ2) is 9.81. The predicted octanol–water partition coefficient (Wildman–Crippen LogP) is 2.75. The lowest BCUT2D eigenvalue weighted by Gasteiger charge is -2.31. The van der Waals surface area contributed by atoms with Crippen LogP contribution in [0, 0.1) is 5.92 Å². The van der Waals surface area contributed by atoms with Crippen molar-refractivity contribution < 1.29 is 4.74 Å². The maximum Gasteiger partial charge on any atom is 0.191 e. The van der Waals surface area contributed by atoms with Crippen LogP contribution in [0.25, 0.3) is 0 Å². The Balaban J connectivity index is 1.37. The van der Waals surface area contributed by atoms with Gasteiger partial charge in [-0.3, -0.25) is 9.89 Å². The number of benzene rings is 1. The van der Waals surface area contributed by atoms with Gasteiger partial charge >= 0.3 is 0 Å². The van der Waals surface area contributed by atoms with Gasteiger partial charge in [-0.05, 0) is 68.8 Å². The summed E-state index contributed by atoms with van der Waals surface area (Å²) in [4.78, 5) is 9.28. The van der Waals surface area contributed by atoms with E-state index < -0.39 is 0 Å². The predicted molar refractivity (Wildman–Crippen MR) is 108 cm³/mol. The summed E-state index contributed by atoms with van der Waals surface area (Å²) in [5, 5.41) is 0. The molecule has 5 heteroatoms. The summed E-state index contributed by atoms with van der Waals surface area (Å²) < 4.78 is 5.86. The molecule has 1 aromatic carbocycles. The van der Waals surface area contributed by atoms with Crippen molar-refractivity contribution in [2.45, 2.75) is 39.0 Å². The van der Waals surface area contributed by atoms with E-state index in [1.807, 2.05) is 0 Å². The molecule has 5 nitrogen and oxygen atoms in total. The highest BCUT2D eigenvalue weighted by Crippen LogP contribution is 2.16. The summed E-state index contributed by atoms with van der Waals surface area (Å²) in [6.07, 6.45) is 6.10. The third kappa shape index (κ3) is 5.90. The molecule has 2 heterocycles. The van der Waals surface area contributed by atoms with Crippen LogP contribution in [-0.2, 0) is 6.42 Å². The number of aliphatic imine (C=N–C) groups is 1. The SMILES string of the molecule is CC1CCCN(C(N)=NCCc2ccc(OCCN3CCCC3)cc2)C1. The smallest absolute Gasteiger partial charge is 0.191 e. The van der Waals surface area contributed by atoms with E-state index >= 15 is 0 Å². The van der Waals surface area contributed by atoms with Crippen molar-refractivity contribution in [1.29, 1.82) is 0 Å². The van der Waals surface area contributed by atoms with Gasteiger partial charge < -0.3 is 15.4 Å². The van der Waals surface area contributed by atoms with E-state index in [2.05, 4.69) is 46.0 Å². The van der Waals surface area contributed by atoms with Crippen molar-refractivity contribution in [3.05, 3.63) is 29.8 Å². The van der Waals surface area contributed by atoms with Crippen molar-refractivity contribution in [3.8, 4) is 5.75 Å². The highest BCUT2D eigenvalue weighted by atomic mass is 16.5. The quantitative estimate of drug-likeness (QED) is 0.601. The highest BCUT2D eigenvalue weighted by molar-refractivity contribution is 5.78. The third-order valence-corrected chi connectivity index (χ3v) is 5.45. The normalized spacial score (nSPS) is 22.0. The van der Waals surface area contributed by atoms with Crippen LogP contribution in [0.1, 0.15) is 38.2 Å². The van der Waals surface area contributed by atoms with Gasteiger partial charge in [-0.25, -0.2) is 0 Å². The van der Waals surface area contributed by atoms with E-state index in [1.165, 1.54) is 44.3 Å². The molecule has 2 N–H and O–H groups in total. The van der Waals surface area contributed by atoms with Crippen molar-refractivity contribution in [3.63, 3.8) is 0 Å². The highest BCUT2D eigenvalue weighted by Gasteiger charge is 2.17. The van der Waals surface area contributed by atoms with Crippen LogP contribution in [0.2, 0.25) is 0 Å². The fourth-order valence-corrected chi connectivity index (χ4v) is 3.85. The zero-order valence-corrected chi connectivity index (χ0v) is 16.2. The number of rotatable bonds is 7. The molecule has 1 unspecified atom stereocenters. The number of guanidine groups is 1. The minimum atomic E-state index is 0.707. The van der Waals surface area contributed by atoms with Gasteiger partial charge in [0, 0.05) is 26.2 Å². The summed E-state index contributed by atoms with van der Waals surface area (Å²) >= 11 is 0. The van der Waals surface area contributed by atoms with Crippen molar-refractivity contribution in [2.24, 2.45) is 16.6 Å². The van der Waals surface area contributed by atoms with Crippen LogP contribution in [-0.4, -0.2) is 61.6 Å². The molecule has 1 atom stereocenters. The summed E-state index contributed by atoms with van der Waals surface area (Å²) in [5.41, 5.74) is 7.44. The summed E-state index contributed by atoms with van der Waals surface area (Å²) in [6, 6.07) is 8.41. The maximum absolute atomic E-state index is 6.16. The number of nitrogens with two attached hydrogens (primary N) is 1. The number of hydrogen-bond acceptors (Lipinski definition) is 3. The lowest BCUT2D eigenvalue weighted by Crippen LogP contribution is -2.43. The Morgan fingerprint density at radius 2 is 1.92 bits per heavy atom. The van der Waals surface area contributed by atoms with Crippen LogP contribution in [0.5, 0.6) is 5.75 Å². The molecule has 0 spiro atoms. The van der Waals surface area contributed by atoms with Crippen LogP contribution in [0.15, 0.2) is 29.3 Å². The van der Waals surface area contributed by atoms with E-state index in [0.717, 1.165) is 50.9 Å². The monoisotopic (exact) mass is 358 g/mol. The Bertz CT molecular complexity index is 566. The number of piperidine rings is 1. The molecule has 144 valence electrons. The largest absolute Gasteiger partial charge is 0.492 e. The molecule has 0 aliphatic carbocycles. The molecule has 0 bridgehead atoms. The molecular formula is C21H34N4O. The fourth-order valence-electron chi connectivity index (χ4n) is 3.85. The summed E-state index contributed by atoms with van der Waals surface area (Å²) in [7, 11) is 0. The first kappa shape index (κ1) is 19.0. The minimum absolute atomic E-state index is 0.707. The Hall–Kier alpha value is -1.75. The van der Waals surface area contributed by atoms with Crippen LogP contribution < -0.4 is 10.5 Å². The Kier molecular flexibility index (Phi) is 7.18. The van der Waals surface area contributed by atoms with Gasteiger partial charge in [0.2, 0.25) is 0 Å². The van der Waals surface area contributed by atoms with Gasteiger partial charge in [-0.15, -0.1) is 0 Å². The average molecular weight is 359 g/mol. The Morgan fingerprint density at radius 3 is 2.65 bits per heavy atom. The van der Waals surface area contributed by atoms with Crippen LogP contribution in [0.4, 0.5) is 0 Å².